The smallest absolute Gasteiger partial charge is 0.128 e. The minimum Gasteiger partial charge on any atom is -0.376 e. The zero-order valence-electron chi connectivity index (χ0n) is 9.74. The molecule has 0 saturated carbocycles. The second-order valence-electron chi connectivity index (χ2n) is 4.39. The lowest BCUT2D eigenvalue weighted by molar-refractivity contribution is 0.0620. The fraction of sp³-hybridized carbons (Fsp3) is 0.538. The number of benzene rings is 1. The van der Waals surface area contributed by atoms with E-state index in [4.69, 9.17) is 4.74 Å². The topological polar surface area (TPSA) is 21.3 Å². The molecule has 1 fully saturated rings. The second kappa shape index (κ2) is 4.93. The standard InChI is InChI=1S/C13H18FNO/c1-9-7-8-16-13(9)12(15-2)10-5-3-4-6-11(10)14/h3-6,9,12-13,15H,7-8H2,1-2H3. The van der Waals surface area contributed by atoms with Crippen molar-refractivity contribution in [3.05, 3.63) is 35.6 Å². The molecular weight excluding hydrogens is 205 g/mol. The van der Waals surface area contributed by atoms with Crippen molar-refractivity contribution in [3.8, 4) is 0 Å². The van der Waals surface area contributed by atoms with Gasteiger partial charge in [0, 0.05) is 12.2 Å². The molecule has 3 heteroatoms. The SMILES string of the molecule is CNC(c1ccccc1F)C1OCCC1C. The normalized spacial score (nSPS) is 26.9. The molecule has 0 spiro atoms. The summed E-state index contributed by atoms with van der Waals surface area (Å²) in [5, 5.41) is 3.17. The van der Waals surface area contributed by atoms with Crippen molar-refractivity contribution in [2.45, 2.75) is 25.5 Å². The van der Waals surface area contributed by atoms with Crippen molar-refractivity contribution in [2.24, 2.45) is 5.92 Å². The van der Waals surface area contributed by atoms with Gasteiger partial charge in [-0.1, -0.05) is 25.1 Å². The van der Waals surface area contributed by atoms with Gasteiger partial charge in [0.1, 0.15) is 5.82 Å². The molecule has 3 atom stereocenters. The Morgan fingerprint density at radius 2 is 2.19 bits per heavy atom. The highest BCUT2D eigenvalue weighted by Gasteiger charge is 2.33. The predicted molar refractivity (Wildman–Crippen MR) is 61.7 cm³/mol. The number of rotatable bonds is 3. The first kappa shape index (κ1) is 11.6. The van der Waals surface area contributed by atoms with Crippen LogP contribution in [-0.4, -0.2) is 19.8 Å². The minimum absolute atomic E-state index is 0.0568. The first-order valence-electron chi connectivity index (χ1n) is 5.77. The van der Waals surface area contributed by atoms with Crippen LogP contribution in [0.1, 0.15) is 24.9 Å². The summed E-state index contributed by atoms with van der Waals surface area (Å²) < 4.78 is 19.4. The fourth-order valence-corrected chi connectivity index (χ4v) is 2.37. The highest BCUT2D eigenvalue weighted by atomic mass is 19.1. The zero-order valence-corrected chi connectivity index (χ0v) is 9.74. The van der Waals surface area contributed by atoms with Gasteiger partial charge >= 0.3 is 0 Å². The summed E-state index contributed by atoms with van der Waals surface area (Å²) >= 11 is 0. The van der Waals surface area contributed by atoms with E-state index in [9.17, 15) is 4.39 Å². The summed E-state index contributed by atoms with van der Waals surface area (Å²) in [6, 6.07) is 6.84. The highest BCUT2D eigenvalue weighted by molar-refractivity contribution is 5.22. The van der Waals surface area contributed by atoms with Gasteiger partial charge in [-0.15, -0.1) is 0 Å². The lowest BCUT2D eigenvalue weighted by Crippen LogP contribution is -2.33. The zero-order chi connectivity index (χ0) is 11.5. The maximum atomic E-state index is 13.7. The van der Waals surface area contributed by atoms with E-state index in [2.05, 4.69) is 12.2 Å². The van der Waals surface area contributed by atoms with Crippen LogP contribution >= 0.6 is 0 Å². The van der Waals surface area contributed by atoms with Crippen molar-refractivity contribution < 1.29 is 9.13 Å². The van der Waals surface area contributed by atoms with E-state index in [0.717, 1.165) is 13.0 Å². The molecule has 0 amide bonds. The van der Waals surface area contributed by atoms with Crippen LogP contribution in [0.2, 0.25) is 0 Å². The van der Waals surface area contributed by atoms with E-state index in [0.29, 0.717) is 11.5 Å². The van der Waals surface area contributed by atoms with Crippen LogP contribution in [0.15, 0.2) is 24.3 Å². The van der Waals surface area contributed by atoms with E-state index in [1.165, 1.54) is 6.07 Å². The Balaban J connectivity index is 2.25. The van der Waals surface area contributed by atoms with Crippen LogP contribution in [0.3, 0.4) is 0 Å². The molecule has 3 unspecified atom stereocenters. The van der Waals surface area contributed by atoms with Crippen LogP contribution in [0, 0.1) is 11.7 Å². The summed E-state index contributed by atoms with van der Waals surface area (Å²) in [6.45, 7) is 2.93. The molecule has 2 rings (SSSR count). The third-order valence-corrected chi connectivity index (χ3v) is 3.32. The van der Waals surface area contributed by atoms with Gasteiger partial charge in [0.25, 0.3) is 0 Å². The van der Waals surface area contributed by atoms with Crippen molar-refractivity contribution in [3.63, 3.8) is 0 Å². The lowest BCUT2D eigenvalue weighted by atomic mass is 9.92. The molecule has 2 nitrogen and oxygen atoms in total. The predicted octanol–water partition coefficient (Wildman–Crippen LogP) is 2.51. The van der Waals surface area contributed by atoms with Gasteiger partial charge in [-0.05, 0) is 25.5 Å². The molecule has 1 aromatic carbocycles. The summed E-state index contributed by atoms with van der Waals surface area (Å²) in [5.41, 5.74) is 0.698. The first-order chi connectivity index (χ1) is 7.74. The van der Waals surface area contributed by atoms with Gasteiger partial charge in [-0.2, -0.15) is 0 Å². The quantitative estimate of drug-likeness (QED) is 0.850. The number of nitrogens with one attached hydrogen (secondary N) is 1. The Morgan fingerprint density at radius 3 is 2.75 bits per heavy atom. The molecule has 1 aliphatic rings. The first-order valence-corrected chi connectivity index (χ1v) is 5.77. The highest BCUT2D eigenvalue weighted by Crippen LogP contribution is 2.31. The molecule has 88 valence electrons. The van der Waals surface area contributed by atoms with E-state index < -0.39 is 0 Å². The number of halogens is 1. The van der Waals surface area contributed by atoms with Gasteiger partial charge in [-0.3, -0.25) is 0 Å². The Morgan fingerprint density at radius 1 is 1.44 bits per heavy atom. The average molecular weight is 223 g/mol. The Hall–Kier alpha value is -0.930. The number of ether oxygens (including phenoxy) is 1. The third kappa shape index (κ3) is 2.11. The molecule has 1 heterocycles. The Bertz CT molecular complexity index is 356. The van der Waals surface area contributed by atoms with E-state index in [1.807, 2.05) is 19.2 Å². The number of likely N-dealkylation sites (N-methyl/N-ethyl adjacent to an activating group) is 1. The van der Waals surface area contributed by atoms with Crippen LogP contribution in [-0.2, 0) is 4.74 Å². The maximum absolute atomic E-state index is 13.7. The lowest BCUT2D eigenvalue weighted by Gasteiger charge is -2.26. The minimum atomic E-state index is -0.162. The Labute approximate surface area is 95.8 Å². The molecule has 1 saturated heterocycles. The van der Waals surface area contributed by atoms with Gasteiger partial charge in [0.2, 0.25) is 0 Å². The summed E-state index contributed by atoms with van der Waals surface area (Å²) in [5.74, 6) is 0.307. The van der Waals surface area contributed by atoms with Gasteiger partial charge < -0.3 is 10.1 Å². The molecule has 0 aliphatic carbocycles. The molecule has 1 aromatic rings. The summed E-state index contributed by atoms with van der Waals surface area (Å²) in [6.07, 6.45) is 1.12. The molecule has 1 aliphatic heterocycles. The summed E-state index contributed by atoms with van der Waals surface area (Å²) in [4.78, 5) is 0. The van der Waals surface area contributed by atoms with Gasteiger partial charge in [0.15, 0.2) is 0 Å². The molecule has 0 aromatic heterocycles. The second-order valence-corrected chi connectivity index (χ2v) is 4.39. The van der Waals surface area contributed by atoms with Crippen LogP contribution in [0.25, 0.3) is 0 Å². The number of hydrogen-bond acceptors (Lipinski definition) is 2. The molecule has 0 radical (unpaired) electrons. The van der Waals surface area contributed by atoms with Crippen molar-refractivity contribution >= 4 is 0 Å². The summed E-state index contributed by atoms with van der Waals surface area (Å²) in [7, 11) is 1.85. The fourth-order valence-electron chi connectivity index (χ4n) is 2.37. The van der Waals surface area contributed by atoms with Crippen LogP contribution in [0.5, 0.6) is 0 Å². The largest absolute Gasteiger partial charge is 0.376 e. The van der Waals surface area contributed by atoms with E-state index >= 15 is 0 Å². The van der Waals surface area contributed by atoms with E-state index in [-0.39, 0.29) is 18.0 Å². The van der Waals surface area contributed by atoms with E-state index in [1.54, 1.807) is 6.07 Å². The van der Waals surface area contributed by atoms with Crippen molar-refractivity contribution in [1.29, 1.82) is 0 Å². The molecule has 16 heavy (non-hydrogen) atoms. The Kier molecular flexibility index (Phi) is 3.56. The monoisotopic (exact) mass is 223 g/mol. The van der Waals surface area contributed by atoms with Gasteiger partial charge in [-0.25, -0.2) is 4.39 Å². The van der Waals surface area contributed by atoms with Gasteiger partial charge in [0.05, 0.1) is 12.1 Å². The average Bonchev–Trinajstić information content (AvgIpc) is 2.69. The molecular formula is C13H18FNO. The maximum Gasteiger partial charge on any atom is 0.128 e. The molecule has 1 N–H and O–H groups in total. The van der Waals surface area contributed by atoms with Crippen molar-refractivity contribution in [1.82, 2.24) is 5.32 Å². The molecule has 0 bridgehead atoms. The van der Waals surface area contributed by atoms with Crippen molar-refractivity contribution in [2.75, 3.05) is 13.7 Å². The number of hydrogen-bond donors (Lipinski definition) is 1. The van der Waals surface area contributed by atoms with Crippen LogP contribution < -0.4 is 5.32 Å². The van der Waals surface area contributed by atoms with Crippen LogP contribution in [0.4, 0.5) is 4.39 Å². The third-order valence-electron chi connectivity index (χ3n) is 3.32.